The van der Waals surface area contributed by atoms with Gasteiger partial charge in [0, 0.05) is 13.1 Å². The van der Waals surface area contributed by atoms with Gasteiger partial charge in [-0.1, -0.05) is 186 Å². The molecule has 0 saturated heterocycles. The Morgan fingerprint density at radius 3 is 1.69 bits per heavy atom. The predicted octanol–water partition coefficient (Wildman–Crippen LogP) is 16.3. The number of hydrogen-bond donors (Lipinski definition) is 0. The highest BCUT2D eigenvalue weighted by atomic mass is 15.1. The molecule has 0 aliphatic heterocycles. The molecule has 1 nitrogen and oxygen atoms in total. The van der Waals surface area contributed by atoms with E-state index in [4.69, 9.17) is 0 Å². The van der Waals surface area contributed by atoms with Gasteiger partial charge in [0.15, 0.2) is 0 Å². The van der Waals surface area contributed by atoms with Gasteiger partial charge in [0.1, 0.15) is 0 Å². The molecule has 49 heavy (non-hydrogen) atoms. The standard InChI is InChI=1S/C20H31N.C11H14.C11H24.2C2H6.C2H4/c1-7-11-20(12-8-2)16-18(5)13-14-19(6)17-21(10-4)15-9-3;1-5-11-6-8(2)10(4)9(3)7-11;1-4-6-8-10-11(3)9-7-5-2;3*1-2/h7-8,10-14H,1,4,9,15-17H2,2-3,5-6H3;5-7H,1H2,2-4H3;11H,4-10H2,1-3H3;2*1-2H3;1-2H2/b12-8-,18-13+,19-14+,20-11+;;;;;. The molecule has 1 aromatic carbocycles. The van der Waals surface area contributed by atoms with Crippen molar-refractivity contribution in [2.45, 2.75) is 155 Å². The van der Waals surface area contributed by atoms with Crippen LogP contribution in [0.25, 0.3) is 6.08 Å². The highest BCUT2D eigenvalue weighted by Gasteiger charge is 2.00. The van der Waals surface area contributed by atoms with Gasteiger partial charge in [-0.3, -0.25) is 0 Å². The van der Waals surface area contributed by atoms with E-state index in [-0.39, 0.29) is 0 Å². The molecular weight excluding hydrogens is 591 g/mol. The molecule has 0 radical (unpaired) electrons. The molecule has 1 aromatic rings. The van der Waals surface area contributed by atoms with Gasteiger partial charge in [-0.2, -0.15) is 0 Å². The van der Waals surface area contributed by atoms with E-state index in [9.17, 15) is 0 Å². The summed E-state index contributed by atoms with van der Waals surface area (Å²) >= 11 is 0. The van der Waals surface area contributed by atoms with Gasteiger partial charge in [-0.25, -0.2) is 0 Å². The van der Waals surface area contributed by atoms with E-state index in [0.29, 0.717) is 0 Å². The van der Waals surface area contributed by atoms with Gasteiger partial charge in [0.05, 0.1) is 0 Å². The van der Waals surface area contributed by atoms with Crippen LogP contribution in [-0.2, 0) is 0 Å². The molecule has 0 aliphatic rings. The smallest absolute Gasteiger partial charge is 0.0383 e. The second-order valence-electron chi connectivity index (χ2n) is 12.1. The Morgan fingerprint density at radius 2 is 1.27 bits per heavy atom. The number of allylic oxidation sites excluding steroid dienone is 8. The molecule has 0 spiro atoms. The third kappa shape index (κ3) is 36.1. The molecule has 282 valence electrons. The minimum absolute atomic E-state index is 0.950. The van der Waals surface area contributed by atoms with Crippen LogP contribution in [-0.4, -0.2) is 18.0 Å². The molecule has 0 N–H and O–H groups in total. The van der Waals surface area contributed by atoms with Crippen molar-refractivity contribution in [2.24, 2.45) is 5.92 Å². The largest absolute Gasteiger partial charge is 0.374 e. The highest BCUT2D eigenvalue weighted by Crippen LogP contribution is 2.17. The number of hydrogen-bond acceptors (Lipinski definition) is 1. The third-order valence-corrected chi connectivity index (χ3v) is 7.61. The first kappa shape index (κ1) is 55.4. The molecule has 1 heteroatoms. The van der Waals surface area contributed by atoms with Crippen molar-refractivity contribution in [3.8, 4) is 0 Å². The van der Waals surface area contributed by atoms with Crippen LogP contribution in [0.15, 0.2) is 104 Å². The Hall–Kier alpha value is -3.06. The van der Waals surface area contributed by atoms with Crippen molar-refractivity contribution in [1.82, 2.24) is 4.90 Å². The molecule has 0 saturated carbocycles. The van der Waals surface area contributed by atoms with Crippen molar-refractivity contribution < 1.29 is 0 Å². The maximum atomic E-state index is 3.87. The van der Waals surface area contributed by atoms with Gasteiger partial charge in [-0.05, 0) is 94.3 Å². The van der Waals surface area contributed by atoms with Crippen molar-refractivity contribution in [1.29, 1.82) is 0 Å². The lowest BCUT2D eigenvalue weighted by atomic mass is 9.98. The SMILES string of the molecule is C=C.C=C/C=C(\C=C/C)C/C(C)=C/C=C(\C)CN(C=C)CCC.C=Cc1cc(C)c(C)c(C)c1.CC.CC.CCCCCC(C)CCCC. The van der Waals surface area contributed by atoms with E-state index in [1.807, 2.05) is 53.0 Å². The lowest BCUT2D eigenvalue weighted by molar-refractivity contribution is 0.407. The summed E-state index contributed by atoms with van der Waals surface area (Å²) in [4.78, 5) is 2.25. The van der Waals surface area contributed by atoms with E-state index in [0.717, 1.165) is 31.8 Å². The monoisotopic (exact) mass is 676 g/mol. The normalized spacial score (nSPS) is 11.3. The first-order chi connectivity index (χ1) is 23.5. The summed E-state index contributed by atoms with van der Waals surface area (Å²) in [5.41, 5.74) is 9.27. The maximum Gasteiger partial charge on any atom is 0.0383 e. The molecule has 0 fully saturated rings. The summed E-state index contributed by atoms with van der Waals surface area (Å²) in [6, 6.07) is 4.32. The molecule has 1 atom stereocenters. The maximum absolute atomic E-state index is 3.87. The molecule has 0 amide bonds. The first-order valence-electron chi connectivity index (χ1n) is 19.4. The van der Waals surface area contributed by atoms with Crippen LogP contribution in [0.5, 0.6) is 0 Å². The Balaban J connectivity index is -0.000000195. The van der Waals surface area contributed by atoms with Crippen LogP contribution < -0.4 is 0 Å². The molecule has 0 aromatic heterocycles. The van der Waals surface area contributed by atoms with Crippen LogP contribution in [0.1, 0.15) is 156 Å². The zero-order valence-corrected chi connectivity index (χ0v) is 35.6. The van der Waals surface area contributed by atoms with E-state index in [1.165, 1.54) is 83.9 Å². The Bertz CT molecular complexity index is 1010. The second-order valence-corrected chi connectivity index (χ2v) is 12.1. The highest BCUT2D eigenvalue weighted by molar-refractivity contribution is 5.52. The zero-order chi connectivity index (χ0) is 39.0. The van der Waals surface area contributed by atoms with Crippen LogP contribution in [0.2, 0.25) is 0 Å². The fourth-order valence-electron chi connectivity index (χ4n) is 4.73. The van der Waals surface area contributed by atoms with Crippen LogP contribution in [0.4, 0.5) is 0 Å². The number of aryl methyl sites for hydroxylation is 2. The topological polar surface area (TPSA) is 3.24 Å². The summed E-state index contributed by atoms with van der Waals surface area (Å²) in [6.45, 7) is 49.3. The van der Waals surface area contributed by atoms with E-state index < -0.39 is 0 Å². The lowest BCUT2D eigenvalue weighted by Gasteiger charge is -2.19. The fraction of sp³-hybridized carbons (Fsp3) is 0.542. The number of rotatable bonds is 18. The van der Waals surface area contributed by atoms with Gasteiger partial charge >= 0.3 is 0 Å². The quantitative estimate of drug-likeness (QED) is 0.0850. The fourth-order valence-corrected chi connectivity index (χ4v) is 4.73. The van der Waals surface area contributed by atoms with Crippen molar-refractivity contribution in [3.63, 3.8) is 0 Å². The Kier molecular flexibility index (Phi) is 48.5. The molecule has 1 rings (SSSR count). The number of nitrogens with zero attached hydrogens (tertiary/aromatic N) is 1. The Labute approximate surface area is 310 Å². The molecule has 0 heterocycles. The van der Waals surface area contributed by atoms with Crippen LogP contribution in [0.3, 0.4) is 0 Å². The average Bonchev–Trinajstić information content (AvgIpc) is 3.11. The zero-order valence-electron chi connectivity index (χ0n) is 35.6. The molecule has 0 bridgehead atoms. The van der Waals surface area contributed by atoms with Crippen molar-refractivity contribution in [2.75, 3.05) is 13.1 Å². The number of unbranched alkanes of at least 4 members (excludes halogenated alkanes) is 3. The van der Waals surface area contributed by atoms with E-state index in [1.54, 1.807) is 0 Å². The van der Waals surface area contributed by atoms with Gasteiger partial charge in [0.2, 0.25) is 0 Å². The van der Waals surface area contributed by atoms with Crippen LogP contribution >= 0.6 is 0 Å². The summed E-state index contributed by atoms with van der Waals surface area (Å²) in [5, 5.41) is 0. The van der Waals surface area contributed by atoms with Gasteiger partial charge in [-0.15, -0.1) is 13.2 Å². The minimum Gasteiger partial charge on any atom is -0.374 e. The molecule has 0 aliphatic carbocycles. The summed E-state index contributed by atoms with van der Waals surface area (Å²) in [6.07, 6.45) is 28.4. The average molecular weight is 676 g/mol. The van der Waals surface area contributed by atoms with E-state index in [2.05, 4.69) is 143 Å². The van der Waals surface area contributed by atoms with Gasteiger partial charge < -0.3 is 4.90 Å². The predicted molar refractivity (Wildman–Crippen MR) is 235 cm³/mol. The second kappa shape index (κ2) is 43.0. The first-order valence-corrected chi connectivity index (χ1v) is 19.4. The van der Waals surface area contributed by atoms with Crippen molar-refractivity contribution >= 4 is 6.08 Å². The third-order valence-electron chi connectivity index (χ3n) is 7.61. The molecule has 1 unspecified atom stereocenters. The summed E-state index contributed by atoms with van der Waals surface area (Å²) in [5.74, 6) is 0.974. The summed E-state index contributed by atoms with van der Waals surface area (Å²) in [7, 11) is 0. The number of benzene rings is 1. The minimum atomic E-state index is 0.950. The summed E-state index contributed by atoms with van der Waals surface area (Å²) < 4.78 is 0. The Morgan fingerprint density at radius 1 is 0.755 bits per heavy atom. The van der Waals surface area contributed by atoms with Crippen LogP contribution in [0, 0.1) is 26.7 Å². The molecular formula is C48H85N. The van der Waals surface area contributed by atoms with Crippen molar-refractivity contribution in [3.05, 3.63) is 127 Å². The van der Waals surface area contributed by atoms with E-state index >= 15 is 0 Å². The lowest BCUT2D eigenvalue weighted by Crippen LogP contribution is -2.19. The van der Waals surface area contributed by atoms with Gasteiger partial charge in [0.25, 0.3) is 0 Å².